The average Bonchev–Trinajstić information content (AvgIpc) is 3.07. The van der Waals surface area contributed by atoms with Crippen LogP contribution in [0.15, 0.2) is 36.7 Å². The Hall–Kier alpha value is -3.17. The van der Waals surface area contributed by atoms with E-state index in [0.29, 0.717) is 22.3 Å². The summed E-state index contributed by atoms with van der Waals surface area (Å²) in [4.78, 5) is 21.1. The minimum Gasteiger partial charge on any atom is -0.389 e. The summed E-state index contributed by atoms with van der Waals surface area (Å²) >= 11 is 0. The van der Waals surface area contributed by atoms with Crippen molar-refractivity contribution in [1.82, 2.24) is 14.9 Å². The van der Waals surface area contributed by atoms with E-state index in [1.165, 1.54) is 11.0 Å². The second-order valence-electron chi connectivity index (χ2n) is 6.11. The molecule has 6 nitrogen and oxygen atoms in total. The van der Waals surface area contributed by atoms with Crippen LogP contribution >= 0.6 is 0 Å². The molecule has 3 aromatic rings. The van der Waals surface area contributed by atoms with Gasteiger partial charge in [-0.15, -0.1) is 0 Å². The molecule has 25 heavy (non-hydrogen) atoms. The van der Waals surface area contributed by atoms with Crippen molar-refractivity contribution in [3.05, 3.63) is 53.3 Å². The van der Waals surface area contributed by atoms with Gasteiger partial charge in [0.1, 0.15) is 0 Å². The molecule has 0 radical (unpaired) electrons. The molecule has 1 unspecified atom stereocenters. The van der Waals surface area contributed by atoms with Crippen LogP contribution in [0.2, 0.25) is 0 Å². The van der Waals surface area contributed by atoms with E-state index >= 15 is 0 Å². The molecule has 2 N–H and O–H groups in total. The Kier molecular flexibility index (Phi) is 4.26. The molecule has 2 aromatic carbocycles. The molecule has 3 rings (SSSR count). The van der Waals surface area contributed by atoms with Crippen molar-refractivity contribution >= 4 is 16.9 Å². The molecule has 1 heterocycles. The summed E-state index contributed by atoms with van der Waals surface area (Å²) in [5, 5.41) is 19.7. The molecule has 0 saturated heterocycles. The van der Waals surface area contributed by atoms with Crippen LogP contribution in [0.25, 0.3) is 22.2 Å². The second-order valence-corrected chi connectivity index (χ2v) is 6.11. The van der Waals surface area contributed by atoms with Crippen LogP contribution in [0.5, 0.6) is 0 Å². The van der Waals surface area contributed by atoms with Gasteiger partial charge in [-0.05, 0) is 42.3 Å². The number of imidazole rings is 1. The first-order valence-electron chi connectivity index (χ1n) is 7.83. The molecular formula is C19H18N4O2. The van der Waals surface area contributed by atoms with Crippen LogP contribution in [0.3, 0.4) is 0 Å². The minimum atomic E-state index is -0.844. The summed E-state index contributed by atoms with van der Waals surface area (Å²) in [7, 11) is 3.32. The van der Waals surface area contributed by atoms with Gasteiger partial charge in [0, 0.05) is 25.2 Å². The summed E-state index contributed by atoms with van der Waals surface area (Å²) in [6.07, 6.45) is 0.763. The van der Waals surface area contributed by atoms with Crippen LogP contribution in [0.1, 0.15) is 34.5 Å². The summed E-state index contributed by atoms with van der Waals surface area (Å²) in [6.45, 7) is 1.61. The SMILES string of the molecule is CC(O)c1c(C#N)cc(C(=O)N(C)C)cc1-c1ccc2[nH]cnc2c1. The molecule has 6 heteroatoms. The molecule has 0 aliphatic carbocycles. The molecule has 0 bridgehead atoms. The van der Waals surface area contributed by atoms with Crippen molar-refractivity contribution < 1.29 is 9.90 Å². The Labute approximate surface area is 145 Å². The highest BCUT2D eigenvalue weighted by Crippen LogP contribution is 2.33. The lowest BCUT2D eigenvalue weighted by Gasteiger charge is -2.18. The van der Waals surface area contributed by atoms with Crippen LogP contribution < -0.4 is 0 Å². The fraction of sp³-hybridized carbons (Fsp3) is 0.211. The van der Waals surface area contributed by atoms with E-state index in [0.717, 1.165) is 16.6 Å². The average molecular weight is 334 g/mol. The van der Waals surface area contributed by atoms with Gasteiger partial charge < -0.3 is 15.0 Å². The smallest absolute Gasteiger partial charge is 0.253 e. The van der Waals surface area contributed by atoms with Gasteiger partial charge in [-0.1, -0.05) is 6.07 Å². The van der Waals surface area contributed by atoms with Crippen molar-refractivity contribution in [2.24, 2.45) is 0 Å². The number of aromatic amines is 1. The maximum absolute atomic E-state index is 12.4. The number of benzene rings is 2. The maximum atomic E-state index is 12.4. The number of hydrogen-bond acceptors (Lipinski definition) is 4. The Morgan fingerprint density at radius 2 is 2.08 bits per heavy atom. The van der Waals surface area contributed by atoms with Crippen molar-refractivity contribution in [3.63, 3.8) is 0 Å². The highest BCUT2D eigenvalue weighted by molar-refractivity contribution is 5.96. The molecule has 0 saturated carbocycles. The van der Waals surface area contributed by atoms with Crippen LogP contribution in [-0.2, 0) is 0 Å². The number of hydrogen-bond donors (Lipinski definition) is 2. The number of amides is 1. The topological polar surface area (TPSA) is 93.0 Å². The van der Waals surface area contributed by atoms with Gasteiger partial charge in [0.25, 0.3) is 5.91 Å². The molecule has 1 aromatic heterocycles. The number of nitriles is 1. The van der Waals surface area contributed by atoms with Crippen molar-refractivity contribution in [2.75, 3.05) is 14.1 Å². The van der Waals surface area contributed by atoms with E-state index in [2.05, 4.69) is 16.0 Å². The highest BCUT2D eigenvalue weighted by Gasteiger charge is 2.20. The Bertz CT molecular complexity index is 996. The lowest BCUT2D eigenvalue weighted by atomic mass is 9.90. The third-order valence-corrected chi connectivity index (χ3v) is 4.10. The number of carbonyl (C=O) groups excluding carboxylic acids is 1. The summed E-state index contributed by atoms with van der Waals surface area (Å²) < 4.78 is 0. The van der Waals surface area contributed by atoms with Gasteiger partial charge in [0.2, 0.25) is 0 Å². The number of nitrogens with one attached hydrogen (secondary N) is 1. The number of aliphatic hydroxyl groups excluding tert-OH is 1. The predicted octanol–water partition coefficient (Wildman–Crippen LogP) is 2.86. The minimum absolute atomic E-state index is 0.198. The van der Waals surface area contributed by atoms with Crippen LogP contribution in [-0.4, -0.2) is 40.0 Å². The Morgan fingerprint density at radius 3 is 2.72 bits per heavy atom. The van der Waals surface area contributed by atoms with E-state index in [4.69, 9.17) is 0 Å². The molecule has 126 valence electrons. The predicted molar refractivity (Wildman–Crippen MR) is 94.9 cm³/mol. The molecule has 0 fully saturated rings. The van der Waals surface area contributed by atoms with Gasteiger partial charge in [-0.3, -0.25) is 4.79 Å². The summed E-state index contributed by atoms with van der Waals surface area (Å²) in [5.41, 5.74) is 4.32. The molecule has 0 spiro atoms. The monoisotopic (exact) mass is 334 g/mol. The van der Waals surface area contributed by atoms with Crippen molar-refractivity contribution in [2.45, 2.75) is 13.0 Å². The normalized spacial score (nSPS) is 12.0. The van der Waals surface area contributed by atoms with E-state index in [1.54, 1.807) is 33.4 Å². The van der Waals surface area contributed by atoms with Gasteiger partial charge >= 0.3 is 0 Å². The first-order valence-corrected chi connectivity index (χ1v) is 7.83. The van der Waals surface area contributed by atoms with Crippen LogP contribution in [0, 0.1) is 11.3 Å². The number of fused-ring (bicyclic) bond motifs is 1. The van der Waals surface area contributed by atoms with Gasteiger partial charge in [-0.2, -0.15) is 5.26 Å². The molecule has 1 amide bonds. The Morgan fingerprint density at radius 1 is 1.32 bits per heavy atom. The zero-order valence-electron chi connectivity index (χ0n) is 14.2. The standard InChI is InChI=1S/C19H18N4O2/c1-11(24)18-14(9-20)6-13(19(25)23(2)3)7-15(18)12-4-5-16-17(8-12)22-10-21-16/h4-8,10-11,24H,1-3H3,(H,21,22). The first-order chi connectivity index (χ1) is 11.9. The van der Waals surface area contributed by atoms with Gasteiger partial charge in [-0.25, -0.2) is 4.98 Å². The zero-order chi connectivity index (χ0) is 18.1. The number of carbonyl (C=O) groups is 1. The third-order valence-electron chi connectivity index (χ3n) is 4.10. The molecular weight excluding hydrogens is 316 g/mol. The number of nitrogens with zero attached hydrogens (tertiary/aromatic N) is 3. The lowest BCUT2D eigenvalue weighted by Crippen LogP contribution is -2.22. The number of aliphatic hydroxyl groups is 1. The lowest BCUT2D eigenvalue weighted by molar-refractivity contribution is 0.0827. The van der Waals surface area contributed by atoms with E-state index < -0.39 is 6.10 Å². The van der Waals surface area contributed by atoms with Gasteiger partial charge in [0.05, 0.1) is 35.1 Å². The summed E-state index contributed by atoms with van der Waals surface area (Å²) in [6, 6.07) is 11.0. The zero-order valence-corrected chi connectivity index (χ0v) is 14.2. The quantitative estimate of drug-likeness (QED) is 0.770. The van der Waals surface area contributed by atoms with Crippen molar-refractivity contribution in [1.29, 1.82) is 5.26 Å². The number of rotatable bonds is 3. The van der Waals surface area contributed by atoms with E-state index in [-0.39, 0.29) is 5.91 Å². The third kappa shape index (κ3) is 2.97. The number of H-pyrrole nitrogens is 1. The van der Waals surface area contributed by atoms with Gasteiger partial charge in [0.15, 0.2) is 0 Å². The molecule has 0 aliphatic rings. The Balaban J connectivity index is 2.30. The first kappa shape index (κ1) is 16.7. The fourth-order valence-corrected chi connectivity index (χ4v) is 2.92. The molecule has 1 atom stereocenters. The molecule has 0 aliphatic heterocycles. The van der Waals surface area contributed by atoms with E-state index in [1.807, 2.05) is 18.2 Å². The fourth-order valence-electron chi connectivity index (χ4n) is 2.92. The van der Waals surface area contributed by atoms with Crippen LogP contribution in [0.4, 0.5) is 0 Å². The summed E-state index contributed by atoms with van der Waals surface area (Å²) in [5.74, 6) is -0.198. The maximum Gasteiger partial charge on any atom is 0.253 e. The van der Waals surface area contributed by atoms with E-state index in [9.17, 15) is 15.2 Å². The largest absolute Gasteiger partial charge is 0.389 e. The number of aromatic nitrogens is 2. The van der Waals surface area contributed by atoms with Crippen molar-refractivity contribution in [3.8, 4) is 17.2 Å². The highest BCUT2D eigenvalue weighted by atomic mass is 16.3. The second kappa shape index (κ2) is 6.38.